The van der Waals surface area contributed by atoms with Crippen LogP contribution in [0.3, 0.4) is 0 Å². The molecule has 0 spiro atoms. The minimum atomic E-state index is -0.512. The van der Waals surface area contributed by atoms with Gasteiger partial charge in [-0.1, -0.05) is 12.1 Å². The second-order valence-corrected chi connectivity index (χ2v) is 4.54. The summed E-state index contributed by atoms with van der Waals surface area (Å²) in [6, 6.07) is 7.21. The van der Waals surface area contributed by atoms with Crippen molar-refractivity contribution in [3.05, 3.63) is 30.1 Å². The summed E-state index contributed by atoms with van der Waals surface area (Å²) >= 11 is 0. The lowest BCUT2D eigenvalue weighted by Crippen LogP contribution is -2.40. The largest absolute Gasteiger partial charge is 0.345 e. The Morgan fingerprint density at radius 3 is 2.45 bits per heavy atom. The third-order valence-corrected chi connectivity index (χ3v) is 2.98. The molecule has 0 saturated heterocycles. The molecule has 2 unspecified atom stereocenters. The average Bonchev–Trinajstić information content (AvgIpc) is 2.67. The minimum absolute atomic E-state index is 0. The van der Waals surface area contributed by atoms with Crippen LogP contribution in [0, 0.1) is 0 Å². The van der Waals surface area contributed by atoms with Gasteiger partial charge in [0.2, 0.25) is 5.91 Å². The van der Waals surface area contributed by atoms with Gasteiger partial charge in [-0.05, 0) is 26.0 Å². The number of aromatic nitrogens is 2. The lowest BCUT2D eigenvalue weighted by Gasteiger charge is -2.15. The first kappa shape index (κ1) is 18.7. The summed E-state index contributed by atoms with van der Waals surface area (Å²) in [6.07, 6.45) is 0. The summed E-state index contributed by atoms with van der Waals surface area (Å²) in [5.41, 5.74) is 7.51. The van der Waals surface area contributed by atoms with Crippen LogP contribution in [0.2, 0.25) is 0 Å². The molecule has 20 heavy (non-hydrogen) atoms. The molecule has 2 atom stereocenters. The Bertz CT molecular complexity index is 583. The van der Waals surface area contributed by atoms with E-state index in [1.165, 1.54) is 0 Å². The second-order valence-electron chi connectivity index (χ2n) is 4.54. The summed E-state index contributed by atoms with van der Waals surface area (Å²) < 4.78 is 1.99. The molecule has 112 valence electrons. The van der Waals surface area contributed by atoms with E-state index in [2.05, 4.69) is 10.3 Å². The fourth-order valence-electron chi connectivity index (χ4n) is 1.96. The fourth-order valence-corrected chi connectivity index (χ4v) is 1.96. The first-order chi connectivity index (χ1) is 8.50. The van der Waals surface area contributed by atoms with Crippen LogP contribution in [0.15, 0.2) is 24.3 Å². The van der Waals surface area contributed by atoms with Gasteiger partial charge >= 0.3 is 0 Å². The van der Waals surface area contributed by atoms with E-state index in [0.717, 1.165) is 16.9 Å². The Morgan fingerprint density at radius 1 is 1.30 bits per heavy atom. The summed E-state index contributed by atoms with van der Waals surface area (Å²) in [5, 5.41) is 2.85. The number of halogens is 2. The average molecular weight is 319 g/mol. The molecule has 0 fully saturated rings. The van der Waals surface area contributed by atoms with Gasteiger partial charge in [-0.25, -0.2) is 4.98 Å². The highest BCUT2D eigenvalue weighted by atomic mass is 35.5. The van der Waals surface area contributed by atoms with E-state index >= 15 is 0 Å². The van der Waals surface area contributed by atoms with Gasteiger partial charge in [0.15, 0.2) is 0 Å². The Kier molecular flexibility index (Phi) is 6.99. The Hall–Kier alpha value is -1.30. The maximum atomic E-state index is 11.6. The number of nitrogens with one attached hydrogen (secondary N) is 1. The van der Waals surface area contributed by atoms with E-state index in [0.29, 0.717) is 0 Å². The van der Waals surface area contributed by atoms with Crippen LogP contribution in [0.1, 0.15) is 25.7 Å². The summed E-state index contributed by atoms with van der Waals surface area (Å²) in [5.74, 6) is 0.653. The molecule has 7 heteroatoms. The van der Waals surface area contributed by atoms with Crippen molar-refractivity contribution in [3.63, 3.8) is 0 Å². The first-order valence-electron chi connectivity index (χ1n) is 5.98. The molecule has 0 saturated carbocycles. The number of imidazole rings is 1. The highest BCUT2D eigenvalue weighted by molar-refractivity contribution is 5.85. The number of rotatable bonds is 3. The van der Waals surface area contributed by atoms with Crippen molar-refractivity contribution in [2.24, 2.45) is 12.8 Å². The zero-order chi connectivity index (χ0) is 13.3. The summed E-state index contributed by atoms with van der Waals surface area (Å²) in [7, 11) is 1.94. The van der Waals surface area contributed by atoms with Gasteiger partial charge in [0.25, 0.3) is 0 Å². The number of carbonyl (C=O) groups is 1. The Morgan fingerprint density at radius 2 is 1.90 bits per heavy atom. The zero-order valence-electron chi connectivity index (χ0n) is 11.7. The predicted octanol–water partition coefficient (Wildman–Crippen LogP) is 1.94. The van der Waals surface area contributed by atoms with Gasteiger partial charge in [-0.15, -0.1) is 24.8 Å². The topological polar surface area (TPSA) is 72.9 Å². The van der Waals surface area contributed by atoms with Gasteiger partial charge in [-0.2, -0.15) is 0 Å². The molecule has 1 aromatic carbocycles. The summed E-state index contributed by atoms with van der Waals surface area (Å²) in [4.78, 5) is 16.1. The van der Waals surface area contributed by atoms with Crippen molar-refractivity contribution in [3.8, 4) is 0 Å². The Balaban J connectivity index is 0.00000180. The smallest absolute Gasteiger partial charge is 0.237 e. The highest BCUT2D eigenvalue weighted by Gasteiger charge is 2.17. The predicted molar refractivity (Wildman–Crippen MR) is 85.4 cm³/mol. The van der Waals surface area contributed by atoms with Crippen LogP contribution < -0.4 is 11.1 Å². The lowest BCUT2D eigenvalue weighted by atomic mass is 10.2. The molecule has 0 bridgehead atoms. The maximum absolute atomic E-state index is 11.6. The number of hydrogen-bond donors (Lipinski definition) is 2. The molecule has 0 aliphatic heterocycles. The quantitative estimate of drug-likeness (QED) is 0.908. The number of benzene rings is 1. The van der Waals surface area contributed by atoms with Crippen molar-refractivity contribution >= 4 is 41.8 Å². The molecule has 0 aliphatic carbocycles. The summed E-state index contributed by atoms with van der Waals surface area (Å²) in [6.45, 7) is 3.57. The van der Waals surface area contributed by atoms with E-state index in [4.69, 9.17) is 5.73 Å². The zero-order valence-corrected chi connectivity index (χ0v) is 13.3. The van der Waals surface area contributed by atoms with Crippen molar-refractivity contribution < 1.29 is 4.79 Å². The molecular weight excluding hydrogens is 299 g/mol. The Labute approximate surface area is 130 Å². The van der Waals surface area contributed by atoms with Crippen LogP contribution in [0.5, 0.6) is 0 Å². The van der Waals surface area contributed by atoms with E-state index in [9.17, 15) is 4.79 Å². The number of fused-ring (bicyclic) bond motifs is 1. The van der Waals surface area contributed by atoms with Crippen LogP contribution in [0.25, 0.3) is 11.0 Å². The fraction of sp³-hybridized carbons (Fsp3) is 0.385. The number of nitrogens with two attached hydrogens (primary N) is 1. The molecule has 1 heterocycles. The van der Waals surface area contributed by atoms with Crippen molar-refractivity contribution in [2.45, 2.75) is 25.9 Å². The number of para-hydroxylation sites is 2. The standard InChI is InChI=1S/C13H18N4O.2ClH/c1-8(14)13(18)15-9(2)12-16-10-6-4-5-7-11(10)17(12)3;;/h4-9H,14H2,1-3H3,(H,15,18);2*1H. The van der Waals surface area contributed by atoms with Crippen LogP contribution in [-0.2, 0) is 11.8 Å². The van der Waals surface area contributed by atoms with Gasteiger partial charge in [-0.3, -0.25) is 4.79 Å². The number of nitrogens with zero attached hydrogens (tertiary/aromatic N) is 2. The molecule has 1 amide bonds. The third-order valence-electron chi connectivity index (χ3n) is 2.98. The number of amides is 1. The van der Waals surface area contributed by atoms with Crippen molar-refractivity contribution in [2.75, 3.05) is 0 Å². The highest BCUT2D eigenvalue weighted by Crippen LogP contribution is 2.18. The molecule has 3 N–H and O–H groups in total. The number of aryl methyl sites for hydroxylation is 1. The molecule has 0 aliphatic rings. The van der Waals surface area contributed by atoms with E-state index in [-0.39, 0.29) is 36.8 Å². The van der Waals surface area contributed by atoms with Crippen LogP contribution >= 0.6 is 24.8 Å². The normalized spacial score (nSPS) is 13.0. The third kappa shape index (κ3) is 3.62. The van der Waals surface area contributed by atoms with Gasteiger partial charge < -0.3 is 15.6 Å². The van der Waals surface area contributed by atoms with Gasteiger partial charge in [0.1, 0.15) is 5.82 Å². The molecular formula is C13H20Cl2N4O. The number of hydrogen-bond acceptors (Lipinski definition) is 3. The maximum Gasteiger partial charge on any atom is 0.237 e. The molecule has 2 rings (SSSR count). The van der Waals surface area contributed by atoms with Gasteiger partial charge in [0, 0.05) is 7.05 Å². The molecule has 5 nitrogen and oxygen atoms in total. The van der Waals surface area contributed by atoms with E-state index in [1.807, 2.05) is 42.8 Å². The lowest BCUT2D eigenvalue weighted by molar-refractivity contribution is -0.122. The molecule has 2 aromatic rings. The van der Waals surface area contributed by atoms with Crippen molar-refractivity contribution in [1.29, 1.82) is 0 Å². The van der Waals surface area contributed by atoms with Crippen LogP contribution in [-0.4, -0.2) is 21.5 Å². The van der Waals surface area contributed by atoms with Crippen molar-refractivity contribution in [1.82, 2.24) is 14.9 Å². The van der Waals surface area contributed by atoms with E-state index in [1.54, 1.807) is 6.92 Å². The molecule has 1 aromatic heterocycles. The van der Waals surface area contributed by atoms with E-state index < -0.39 is 6.04 Å². The monoisotopic (exact) mass is 318 g/mol. The van der Waals surface area contributed by atoms with Crippen LogP contribution in [0.4, 0.5) is 0 Å². The second kappa shape index (κ2) is 7.47. The SMILES string of the molecule is CC(N)C(=O)NC(C)c1nc2ccccc2n1C.Cl.Cl. The first-order valence-corrected chi connectivity index (χ1v) is 5.98. The minimum Gasteiger partial charge on any atom is -0.345 e. The van der Waals surface area contributed by atoms with Gasteiger partial charge in [0.05, 0.1) is 23.1 Å². The molecule has 0 radical (unpaired) electrons. The number of carbonyl (C=O) groups excluding carboxylic acids is 1.